The van der Waals surface area contributed by atoms with Crippen LogP contribution in [0.5, 0.6) is 0 Å². The van der Waals surface area contributed by atoms with Gasteiger partial charge in [-0.2, -0.15) is 11.8 Å². The minimum Gasteiger partial charge on any atom is -0.354 e. The van der Waals surface area contributed by atoms with E-state index in [0.717, 1.165) is 6.54 Å². The Balaban J connectivity index is 1.97. The fourth-order valence-corrected chi connectivity index (χ4v) is 4.16. The Morgan fingerprint density at radius 3 is 2.45 bits per heavy atom. The van der Waals surface area contributed by atoms with E-state index in [1.807, 2.05) is 25.6 Å². The van der Waals surface area contributed by atoms with Gasteiger partial charge in [0.05, 0.1) is 5.41 Å². The van der Waals surface area contributed by atoms with E-state index >= 15 is 0 Å². The number of nitrogens with zero attached hydrogens (tertiary/aromatic N) is 1. The minimum absolute atomic E-state index is 0.0951. The van der Waals surface area contributed by atoms with Crippen molar-refractivity contribution in [2.24, 2.45) is 11.1 Å². The highest BCUT2D eigenvalue weighted by Gasteiger charge is 2.40. The standard InChI is InChI=1S/C15H29N3OS/c1-14(2,11-16)13(19)17-12-15(5-3-4-6-15)18-7-9-20-10-8-18/h3-12,16H2,1-2H3,(H,17,19). The second-order valence-electron chi connectivity index (χ2n) is 6.80. The smallest absolute Gasteiger partial charge is 0.226 e. The molecule has 20 heavy (non-hydrogen) atoms. The van der Waals surface area contributed by atoms with Crippen LogP contribution in [0.15, 0.2) is 0 Å². The molecule has 0 unspecified atom stereocenters. The van der Waals surface area contributed by atoms with Crippen molar-refractivity contribution in [3.8, 4) is 0 Å². The number of carbonyl (C=O) groups excluding carboxylic acids is 1. The zero-order valence-electron chi connectivity index (χ0n) is 12.9. The van der Waals surface area contributed by atoms with Crippen LogP contribution in [0.2, 0.25) is 0 Å². The first kappa shape index (κ1) is 16.1. The van der Waals surface area contributed by atoms with E-state index in [1.54, 1.807) is 0 Å². The van der Waals surface area contributed by atoms with Crippen LogP contribution in [0.3, 0.4) is 0 Å². The van der Waals surface area contributed by atoms with Gasteiger partial charge in [-0.1, -0.05) is 12.8 Å². The van der Waals surface area contributed by atoms with E-state index < -0.39 is 5.41 Å². The Morgan fingerprint density at radius 1 is 1.30 bits per heavy atom. The quantitative estimate of drug-likeness (QED) is 0.807. The van der Waals surface area contributed by atoms with Crippen molar-refractivity contribution >= 4 is 17.7 Å². The number of hydrogen-bond donors (Lipinski definition) is 2. The molecule has 0 atom stereocenters. The molecule has 0 bridgehead atoms. The number of thioether (sulfide) groups is 1. The van der Waals surface area contributed by atoms with Gasteiger partial charge in [0.25, 0.3) is 0 Å². The average Bonchev–Trinajstić information content (AvgIpc) is 2.95. The van der Waals surface area contributed by atoms with Crippen LogP contribution >= 0.6 is 11.8 Å². The zero-order valence-corrected chi connectivity index (χ0v) is 13.7. The fourth-order valence-electron chi connectivity index (χ4n) is 3.25. The zero-order chi connectivity index (χ0) is 14.6. The van der Waals surface area contributed by atoms with Gasteiger partial charge in [-0.15, -0.1) is 0 Å². The second-order valence-corrected chi connectivity index (χ2v) is 8.03. The highest BCUT2D eigenvalue weighted by atomic mass is 32.2. The van der Waals surface area contributed by atoms with Crippen LogP contribution in [0.4, 0.5) is 0 Å². The summed E-state index contributed by atoms with van der Waals surface area (Å²) < 4.78 is 0. The van der Waals surface area contributed by atoms with Crippen LogP contribution in [0.25, 0.3) is 0 Å². The van der Waals surface area contributed by atoms with Gasteiger partial charge in [0, 0.05) is 43.2 Å². The predicted molar refractivity (Wildman–Crippen MR) is 85.9 cm³/mol. The highest BCUT2D eigenvalue weighted by molar-refractivity contribution is 7.99. The van der Waals surface area contributed by atoms with E-state index in [-0.39, 0.29) is 11.4 Å². The predicted octanol–water partition coefficient (Wildman–Crippen LogP) is 1.45. The molecule has 1 saturated carbocycles. The van der Waals surface area contributed by atoms with Gasteiger partial charge in [0.2, 0.25) is 5.91 Å². The van der Waals surface area contributed by atoms with Crippen LogP contribution < -0.4 is 11.1 Å². The molecule has 4 nitrogen and oxygen atoms in total. The number of rotatable bonds is 5. The molecule has 3 N–H and O–H groups in total. The summed E-state index contributed by atoms with van der Waals surface area (Å²) in [6, 6.07) is 0. The van der Waals surface area contributed by atoms with Crippen LogP contribution in [-0.2, 0) is 4.79 Å². The van der Waals surface area contributed by atoms with Crippen LogP contribution in [0, 0.1) is 5.41 Å². The Bertz CT molecular complexity index is 334. The molecular formula is C15H29N3OS. The summed E-state index contributed by atoms with van der Waals surface area (Å²) in [4.78, 5) is 14.9. The maximum absolute atomic E-state index is 12.3. The van der Waals surface area contributed by atoms with Crippen molar-refractivity contribution in [2.45, 2.75) is 45.1 Å². The summed E-state index contributed by atoms with van der Waals surface area (Å²) in [5.74, 6) is 2.55. The van der Waals surface area contributed by atoms with Crippen molar-refractivity contribution in [3.63, 3.8) is 0 Å². The number of nitrogens with one attached hydrogen (secondary N) is 1. The SMILES string of the molecule is CC(C)(CN)C(=O)NCC1(N2CCSCC2)CCCC1. The molecule has 0 aromatic heterocycles. The van der Waals surface area contributed by atoms with E-state index in [4.69, 9.17) is 5.73 Å². The van der Waals surface area contributed by atoms with Gasteiger partial charge in [0.15, 0.2) is 0 Å². The summed E-state index contributed by atoms with van der Waals surface area (Å²) >= 11 is 2.04. The molecule has 1 heterocycles. The number of nitrogens with two attached hydrogens (primary N) is 1. The Morgan fingerprint density at radius 2 is 1.90 bits per heavy atom. The third-order valence-corrected chi connectivity index (χ3v) is 5.86. The van der Waals surface area contributed by atoms with Gasteiger partial charge in [-0.05, 0) is 26.7 Å². The Kier molecular flexibility index (Phi) is 5.37. The van der Waals surface area contributed by atoms with Crippen molar-refractivity contribution in [1.82, 2.24) is 10.2 Å². The summed E-state index contributed by atoms with van der Waals surface area (Å²) in [7, 11) is 0. The largest absolute Gasteiger partial charge is 0.354 e. The maximum atomic E-state index is 12.3. The topological polar surface area (TPSA) is 58.4 Å². The van der Waals surface area contributed by atoms with Gasteiger partial charge in [0.1, 0.15) is 0 Å². The highest BCUT2D eigenvalue weighted by Crippen LogP contribution is 2.36. The molecular weight excluding hydrogens is 270 g/mol. The Labute approximate surface area is 127 Å². The van der Waals surface area contributed by atoms with E-state index in [1.165, 1.54) is 50.3 Å². The first-order valence-electron chi connectivity index (χ1n) is 7.81. The number of amides is 1. The molecule has 1 amide bonds. The third kappa shape index (κ3) is 3.49. The number of carbonyl (C=O) groups is 1. The lowest BCUT2D eigenvalue weighted by Crippen LogP contribution is -2.57. The molecule has 5 heteroatoms. The van der Waals surface area contributed by atoms with Crippen molar-refractivity contribution < 1.29 is 4.79 Å². The van der Waals surface area contributed by atoms with Gasteiger partial charge >= 0.3 is 0 Å². The fraction of sp³-hybridized carbons (Fsp3) is 0.933. The molecule has 2 aliphatic rings. The summed E-state index contributed by atoms with van der Waals surface area (Å²) in [5, 5.41) is 3.19. The Hall–Kier alpha value is -0.260. The molecule has 2 fully saturated rings. The third-order valence-electron chi connectivity index (χ3n) is 4.92. The lowest BCUT2D eigenvalue weighted by molar-refractivity contribution is -0.129. The lowest BCUT2D eigenvalue weighted by atomic mass is 9.90. The second kappa shape index (κ2) is 6.67. The molecule has 116 valence electrons. The maximum Gasteiger partial charge on any atom is 0.226 e. The monoisotopic (exact) mass is 299 g/mol. The van der Waals surface area contributed by atoms with Gasteiger partial charge in [-0.3, -0.25) is 9.69 Å². The molecule has 2 rings (SSSR count). The van der Waals surface area contributed by atoms with Crippen LogP contribution in [0.1, 0.15) is 39.5 Å². The van der Waals surface area contributed by atoms with Crippen LogP contribution in [-0.4, -0.2) is 54.0 Å². The van der Waals surface area contributed by atoms with Gasteiger partial charge < -0.3 is 11.1 Å². The molecule has 0 spiro atoms. The first-order chi connectivity index (χ1) is 9.50. The molecule has 1 aliphatic heterocycles. The first-order valence-corrected chi connectivity index (χ1v) is 8.97. The van der Waals surface area contributed by atoms with Crippen molar-refractivity contribution in [2.75, 3.05) is 37.7 Å². The van der Waals surface area contributed by atoms with Crippen molar-refractivity contribution in [3.05, 3.63) is 0 Å². The molecule has 0 aromatic carbocycles. The summed E-state index contributed by atoms with van der Waals surface area (Å²) in [6.45, 7) is 7.36. The molecule has 0 radical (unpaired) electrons. The summed E-state index contributed by atoms with van der Waals surface area (Å²) in [6.07, 6.45) is 5.03. The minimum atomic E-state index is -0.461. The van der Waals surface area contributed by atoms with Crippen molar-refractivity contribution in [1.29, 1.82) is 0 Å². The van der Waals surface area contributed by atoms with Gasteiger partial charge in [-0.25, -0.2) is 0 Å². The summed E-state index contributed by atoms with van der Waals surface area (Å²) in [5.41, 5.74) is 5.44. The molecule has 1 saturated heterocycles. The van der Waals surface area contributed by atoms with E-state index in [2.05, 4.69) is 10.2 Å². The number of hydrogen-bond acceptors (Lipinski definition) is 4. The normalized spacial score (nSPS) is 23.8. The van der Waals surface area contributed by atoms with E-state index in [9.17, 15) is 4.79 Å². The van der Waals surface area contributed by atoms with E-state index in [0.29, 0.717) is 6.54 Å². The molecule has 0 aromatic rings. The lowest BCUT2D eigenvalue weighted by Gasteiger charge is -2.44. The molecule has 1 aliphatic carbocycles. The average molecular weight is 299 g/mol.